The summed E-state index contributed by atoms with van der Waals surface area (Å²) >= 11 is 2.79. The fraction of sp³-hybridized carbons (Fsp3) is 0.143. The van der Waals surface area contributed by atoms with Gasteiger partial charge in [-0.15, -0.1) is 11.8 Å². The van der Waals surface area contributed by atoms with Crippen LogP contribution in [0.2, 0.25) is 0 Å². The van der Waals surface area contributed by atoms with Crippen molar-refractivity contribution in [1.29, 1.82) is 0 Å². The maximum absolute atomic E-state index is 13.7. The van der Waals surface area contributed by atoms with Crippen molar-refractivity contribution in [3.05, 3.63) is 150 Å². The van der Waals surface area contributed by atoms with E-state index < -0.39 is 17.1 Å². The van der Waals surface area contributed by atoms with E-state index in [2.05, 4.69) is 20.9 Å². The van der Waals surface area contributed by atoms with Crippen molar-refractivity contribution in [2.24, 2.45) is 0 Å². The van der Waals surface area contributed by atoms with Crippen molar-refractivity contribution in [1.82, 2.24) is 10.3 Å². The summed E-state index contributed by atoms with van der Waals surface area (Å²) in [7, 11) is 0. The highest BCUT2D eigenvalue weighted by molar-refractivity contribution is 8.00. The molecule has 6 rings (SSSR count). The van der Waals surface area contributed by atoms with Crippen LogP contribution < -0.4 is 25.4 Å². The molecule has 1 unspecified atom stereocenters. The molecular formula is C42H38N4O5S2. The van der Waals surface area contributed by atoms with Crippen molar-refractivity contribution in [2.75, 3.05) is 17.2 Å². The molecule has 0 saturated heterocycles. The lowest BCUT2D eigenvalue weighted by atomic mass is 10.1. The lowest BCUT2D eigenvalue weighted by Crippen LogP contribution is -2.30. The SMILES string of the molecule is CCOc1ccc2nc(NC(=O)C(CC)Sc3cccc(NC(=O)/C(=C/c4ccc(OCc5ccccc5)cc4)NC(=O)c4ccccc4)c3)sc2c1. The predicted molar refractivity (Wildman–Crippen MR) is 214 cm³/mol. The zero-order chi connectivity index (χ0) is 37.0. The Hall–Kier alpha value is -5.91. The molecular weight excluding hydrogens is 705 g/mol. The highest BCUT2D eigenvalue weighted by atomic mass is 32.2. The molecule has 0 bridgehead atoms. The van der Waals surface area contributed by atoms with E-state index in [1.54, 1.807) is 42.5 Å². The Labute approximate surface area is 316 Å². The molecule has 3 N–H and O–H groups in total. The van der Waals surface area contributed by atoms with E-state index in [-0.39, 0.29) is 11.6 Å². The Bertz CT molecular complexity index is 2210. The van der Waals surface area contributed by atoms with Gasteiger partial charge in [-0.2, -0.15) is 0 Å². The minimum Gasteiger partial charge on any atom is -0.494 e. The molecule has 0 fully saturated rings. The minimum atomic E-state index is -0.506. The maximum atomic E-state index is 13.7. The van der Waals surface area contributed by atoms with E-state index in [4.69, 9.17) is 9.47 Å². The molecule has 1 heterocycles. The van der Waals surface area contributed by atoms with Gasteiger partial charge in [0.05, 0.1) is 22.1 Å². The number of amides is 3. The van der Waals surface area contributed by atoms with Gasteiger partial charge < -0.3 is 25.4 Å². The third-order valence-corrected chi connectivity index (χ3v) is 10.2. The standard InChI is InChI=1S/C42H38N4O5S2/c1-3-37(41(49)46-42-45-35-23-22-33(50-4-2)26-38(35)53-42)52-34-17-11-16-31(25-34)43-40(48)36(44-39(47)30-14-9-6-10-15-30)24-28-18-20-32(21-19-28)51-27-29-12-7-5-8-13-29/h5-26,37H,3-4,27H2,1-2H3,(H,43,48)(H,44,47)(H,45,46,49)/b36-24-. The molecule has 0 radical (unpaired) electrons. The number of anilines is 2. The van der Waals surface area contributed by atoms with Crippen molar-refractivity contribution in [3.63, 3.8) is 0 Å². The van der Waals surface area contributed by atoms with Gasteiger partial charge in [0.25, 0.3) is 11.8 Å². The predicted octanol–water partition coefficient (Wildman–Crippen LogP) is 9.19. The lowest BCUT2D eigenvalue weighted by molar-refractivity contribution is -0.116. The van der Waals surface area contributed by atoms with E-state index in [9.17, 15) is 14.4 Å². The molecule has 1 aromatic heterocycles. The molecule has 0 aliphatic heterocycles. The van der Waals surface area contributed by atoms with Crippen molar-refractivity contribution >= 4 is 67.9 Å². The first-order valence-corrected chi connectivity index (χ1v) is 18.8. The fourth-order valence-electron chi connectivity index (χ4n) is 5.24. The van der Waals surface area contributed by atoms with Gasteiger partial charge in [0.15, 0.2) is 5.13 Å². The van der Waals surface area contributed by atoms with Gasteiger partial charge in [-0.3, -0.25) is 14.4 Å². The number of carbonyl (C=O) groups is 3. The first-order valence-electron chi connectivity index (χ1n) is 17.1. The van der Waals surface area contributed by atoms with Crippen molar-refractivity contribution in [3.8, 4) is 11.5 Å². The van der Waals surface area contributed by atoms with Crippen LogP contribution in [-0.2, 0) is 16.2 Å². The molecule has 9 nitrogen and oxygen atoms in total. The maximum Gasteiger partial charge on any atom is 0.272 e. The van der Waals surface area contributed by atoms with Crippen LogP contribution in [0.15, 0.2) is 138 Å². The van der Waals surface area contributed by atoms with Crippen LogP contribution in [0.5, 0.6) is 11.5 Å². The van der Waals surface area contributed by atoms with Gasteiger partial charge in [-0.1, -0.05) is 85.0 Å². The number of aromatic nitrogens is 1. The summed E-state index contributed by atoms with van der Waals surface area (Å²) in [5.41, 5.74) is 3.52. The van der Waals surface area contributed by atoms with Gasteiger partial charge in [0.1, 0.15) is 23.8 Å². The highest BCUT2D eigenvalue weighted by Crippen LogP contribution is 2.32. The van der Waals surface area contributed by atoms with Crippen LogP contribution in [0.4, 0.5) is 10.8 Å². The number of carbonyl (C=O) groups excluding carboxylic acids is 3. The Kier molecular flexibility index (Phi) is 12.5. The molecule has 1 atom stereocenters. The van der Waals surface area contributed by atoms with Crippen LogP contribution in [0, 0.1) is 0 Å². The van der Waals surface area contributed by atoms with Gasteiger partial charge in [-0.25, -0.2) is 4.98 Å². The number of nitrogens with zero attached hydrogens (tertiary/aromatic N) is 1. The Balaban J connectivity index is 1.14. The largest absolute Gasteiger partial charge is 0.494 e. The molecule has 0 aliphatic carbocycles. The van der Waals surface area contributed by atoms with E-state index in [1.165, 1.54) is 23.1 Å². The number of thioether (sulfide) groups is 1. The lowest BCUT2D eigenvalue weighted by Gasteiger charge is -2.15. The third-order valence-electron chi connectivity index (χ3n) is 7.90. The molecule has 0 aliphatic rings. The highest BCUT2D eigenvalue weighted by Gasteiger charge is 2.21. The topological polar surface area (TPSA) is 119 Å². The normalized spacial score (nSPS) is 11.8. The first-order chi connectivity index (χ1) is 25.9. The Morgan fingerprint density at radius 2 is 1.53 bits per heavy atom. The van der Waals surface area contributed by atoms with E-state index in [0.29, 0.717) is 47.3 Å². The number of hydrogen-bond donors (Lipinski definition) is 3. The summed E-state index contributed by atoms with van der Waals surface area (Å²) in [6.45, 7) is 4.87. The van der Waals surface area contributed by atoms with Gasteiger partial charge in [0, 0.05) is 16.1 Å². The zero-order valence-electron chi connectivity index (χ0n) is 29.2. The Morgan fingerprint density at radius 1 is 0.792 bits per heavy atom. The first kappa shape index (κ1) is 36.9. The molecule has 5 aromatic carbocycles. The summed E-state index contributed by atoms with van der Waals surface area (Å²) in [5, 5.41) is 8.78. The number of benzene rings is 5. The molecule has 0 saturated carbocycles. The zero-order valence-corrected chi connectivity index (χ0v) is 30.8. The average molecular weight is 743 g/mol. The van der Waals surface area contributed by atoms with Gasteiger partial charge in [0.2, 0.25) is 5.91 Å². The number of rotatable bonds is 15. The third kappa shape index (κ3) is 10.3. The molecule has 268 valence electrons. The number of nitrogens with one attached hydrogen (secondary N) is 3. The minimum absolute atomic E-state index is 0.0601. The summed E-state index contributed by atoms with van der Waals surface area (Å²) in [5.74, 6) is 0.347. The Morgan fingerprint density at radius 3 is 2.26 bits per heavy atom. The van der Waals surface area contributed by atoms with E-state index >= 15 is 0 Å². The van der Waals surface area contributed by atoms with Crippen LogP contribution >= 0.6 is 23.1 Å². The second-order valence-corrected chi connectivity index (χ2v) is 14.1. The molecule has 3 amide bonds. The van der Waals surface area contributed by atoms with Crippen LogP contribution in [0.3, 0.4) is 0 Å². The summed E-state index contributed by atoms with van der Waals surface area (Å²) in [6, 6.07) is 38.8. The number of thiazole rings is 1. The molecule has 53 heavy (non-hydrogen) atoms. The van der Waals surface area contributed by atoms with E-state index in [0.717, 1.165) is 26.4 Å². The summed E-state index contributed by atoms with van der Waals surface area (Å²) in [4.78, 5) is 45.6. The second kappa shape index (κ2) is 18.0. The van der Waals surface area contributed by atoms with Crippen LogP contribution in [0.1, 0.15) is 41.8 Å². The second-order valence-electron chi connectivity index (χ2n) is 11.8. The van der Waals surface area contributed by atoms with Crippen LogP contribution in [-0.4, -0.2) is 34.6 Å². The molecule has 11 heteroatoms. The van der Waals surface area contributed by atoms with Gasteiger partial charge in [-0.05, 0) is 91.2 Å². The van der Waals surface area contributed by atoms with Crippen molar-refractivity contribution < 1.29 is 23.9 Å². The summed E-state index contributed by atoms with van der Waals surface area (Å²) in [6.07, 6.45) is 2.19. The average Bonchev–Trinajstić information content (AvgIpc) is 3.58. The number of fused-ring (bicyclic) bond motifs is 1. The number of hydrogen-bond acceptors (Lipinski definition) is 8. The molecule has 6 aromatic rings. The smallest absolute Gasteiger partial charge is 0.272 e. The monoisotopic (exact) mass is 742 g/mol. The quantitative estimate of drug-likeness (QED) is 0.0709. The van der Waals surface area contributed by atoms with Crippen molar-refractivity contribution in [2.45, 2.75) is 37.0 Å². The number of ether oxygens (including phenoxy) is 2. The fourth-order valence-corrected chi connectivity index (χ4v) is 7.15. The molecule has 0 spiro atoms. The van der Waals surface area contributed by atoms with E-state index in [1.807, 2.05) is 105 Å². The van der Waals surface area contributed by atoms with Gasteiger partial charge >= 0.3 is 0 Å². The van der Waals surface area contributed by atoms with Crippen LogP contribution in [0.25, 0.3) is 16.3 Å². The summed E-state index contributed by atoms with van der Waals surface area (Å²) < 4.78 is 12.4.